The number of carbonyl (C=O) groups is 2. The first kappa shape index (κ1) is 22.8. The topological polar surface area (TPSA) is 89.3 Å². The molecular formula is C24H25N5O3S. The van der Waals surface area contributed by atoms with E-state index in [1.54, 1.807) is 6.08 Å². The number of nitrogens with one attached hydrogen (secondary N) is 1. The number of aromatic nitrogens is 3. The van der Waals surface area contributed by atoms with Crippen molar-refractivity contribution in [3.05, 3.63) is 66.2 Å². The zero-order chi connectivity index (χ0) is 23.0. The highest BCUT2D eigenvalue weighted by atomic mass is 32.2. The number of anilines is 1. The molecule has 2 amide bonds. The number of benzene rings is 2. The van der Waals surface area contributed by atoms with Gasteiger partial charge in [-0.1, -0.05) is 42.1 Å². The van der Waals surface area contributed by atoms with Crippen LogP contribution in [0.4, 0.5) is 5.69 Å². The number of hydrogen-bond donors (Lipinski definition) is 1. The van der Waals surface area contributed by atoms with Gasteiger partial charge in [0.2, 0.25) is 11.8 Å². The zero-order valence-corrected chi connectivity index (χ0v) is 19.1. The lowest BCUT2D eigenvalue weighted by Crippen LogP contribution is -2.41. The minimum absolute atomic E-state index is 0.0780. The molecule has 0 saturated carbocycles. The summed E-state index contributed by atoms with van der Waals surface area (Å²) in [6.07, 6.45) is 3.28. The molecule has 1 aliphatic rings. The molecule has 9 heteroatoms. The van der Waals surface area contributed by atoms with E-state index in [9.17, 15) is 9.59 Å². The molecule has 0 spiro atoms. The quantitative estimate of drug-likeness (QED) is 0.428. The lowest BCUT2D eigenvalue weighted by molar-refractivity contribution is -0.132. The van der Waals surface area contributed by atoms with Crippen molar-refractivity contribution in [2.24, 2.45) is 7.05 Å². The van der Waals surface area contributed by atoms with Gasteiger partial charge in [0.15, 0.2) is 11.0 Å². The van der Waals surface area contributed by atoms with Crippen LogP contribution in [0, 0.1) is 0 Å². The van der Waals surface area contributed by atoms with E-state index >= 15 is 0 Å². The Morgan fingerprint density at radius 1 is 1.06 bits per heavy atom. The number of rotatable bonds is 7. The van der Waals surface area contributed by atoms with Crippen LogP contribution in [0.25, 0.3) is 17.5 Å². The van der Waals surface area contributed by atoms with Crippen molar-refractivity contribution in [1.29, 1.82) is 0 Å². The van der Waals surface area contributed by atoms with Gasteiger partial charge in [0.05, 0.1) is 19.0 Å². The van der Waals surface area contributed by atoms with E-state index in [0.717, 1.165) is 11.1 Å². The third kappa shape index (κ3) is 6.09. The van der Waals surface area contributed by atoms with Gasteiger partial charge in [-0.3, -0.25) is 9.59 Å². The highest BCUT2D eigenvalue weighted by Gasteiger charge is 2.19. The van der Waals surface area contributed by atoms with Crippen LogP contribution >= 0.6 is 11.8 Å². The van der Waals surface area contributed by atoms with Crippen LogP contribution in [0.2, 0.25) is 0 Å². The summed E-state index contributed by atoms with van der Waals surface area (Å²) in [5.41, 5.74) is 2.52. The van der Waals surface area contributed by atoms with Crippen LogP contribution in [0.3, 0.4) is 0 Å². The Bertz CT molecular complexity index is 1120. The van der Waals surface area contributed by atoms with Gasteiger partial charge in [-0.2, -0.15) is 0 Å². The molecule has 4 rings (SSSR count). The normalized spacial score (nSPS) is 13.9. The van der Waals surface area contributed by atoms with Crippen LogP contribution in [0.15, 0.2) is 65.8 Å². The minimum atomic E-state index is -0.200. The van der Waals surface area contributed by atoms with Crippen LogP contribution in [0.5, 0.6) is 0 Å². The van der Waals surface area contributed by atoms with E-state index < -0.39 is 0 Å². The van der Waals surface area contributed by atoms with E-state index in [1.165, 1.54) is 17.8 Å². The predicted molar refractivity (Wildman–Crippen MR) is 129 cm³/mol. The summed E-state index contributed by atoms with van der Waals surface area (Å²) in [5, 5.41) is 12.0. The maximum Gasteiger partial charge on any atom is 0.248 e. The maximum absolute atomic E-state index is 12.4. The van der Waals surface area contributed by atoms with E-state index in [4.69, 9.17) is 4.74 Å². The standard InChI is InChI=1S/C24H25N5O3S/c1-28-23(26-27-24(28)33-17-22(31)29-13-15-32-16-14-29)19-8-10-20(11-9-19)25-21(30)12-7-18-5-3-2-4-6-18/h2-12H,13-17H2,1H3,(H,25,30). The third-order valence-electron chi connectivity index (χ3n) is 5.16. The van der Waals surface area contributed by atoms with Crippen LogP contribution in [-0.2, 0) is 21.4 Å². The van der Waals surface area contributed by atoms with Gasteiger partial charge in [0, 0.05) is 37.5 Å². The largest absolute Gasteiger partial charge is 0.378 e. The molecule has 3 aromatic rings. The summed E-state index contributed by atoms with van der Waals surface area (Å²) in [5.74, 6) is 0.884. The lowest BCUT2D eigenvalue weighted by atomic mass is 10.2. The SMILES string of the molecule is Cn1c(SCC(=O)N2CCOCC2)nnc1-c1ccc(NC(=O)C=Cc2ccccc2)cc1. The number of hydrogen-bond acceptors (Lipinski definition) is 6. The molecule has 170 valence electrons. The minimum Gasteiger partial charge on any atom is -0.378 e. The average Bonchev–Trinajstić information content (AvgIpc) is 3.23. The number of thioether (sulfide) groups is 1. The summed E-state index contributed by atoms with van der Waals surface area (Å²) < 4.78 is 7.16. The molecule has 0 radical (unpaired) electrons. The molecule has 2 aromatic carbocycles. The molecule has 1 aromatic heterocycles. The molecule has 8 nitrogen and oxygen atoms in total. The zero-order valence-electron chi connectivity index (χ0n) is 18.3. The van der Waals surface area contributed by atoms with E-state index in [0.29, 0.717) is 48.7 Å². The van der Waals surface area contributed by atoms with Crippen molar-refractivity contribution in [3.8, 4) is 11.4 Å². The first-order valence-electron chi connectivity index (χ1n) is 10.6. The average molecular weight is 464 g/mol. The summed E-state index contributed by atoms with van der Waals surface area (Å²) in [7, 11) is 1.88. The van der Waals surface area contributed by atoms with Crippen molar-refractivity contribution in [2.45, 2.75) is 5.16 Å². The molecule has 0 atom stereocenters. The summed E-state index contributed by atoms with van der Waals surface area (Å²) in [6, 6.07) is 17.1. The maximum atomic E-state index is 12.4. The first-order chi connectivity index (χ1) is 16.1. The molecule has 2 heterocycles. The van der Waals surface area contributed by atoms with Crippen LogP contribution < -0.4 is 5.32 Å². The van der Waals surface area contributed by atoms with Crippen molar-refractivity contribution in [2.75, 3.05) is 37.4 Å². The molecule has 1 aliphatic heterocycles. The highest BCUT2D eigenvalue weighted by Crippen LogP contribution is 2.24. The van der Waals surface area contributed by atoms with Gasteiger partial charge < -0.3 is 19.5 Å². The fourth-order valence-corrected chi connectivity index (χ4v) is 4.16. The molecule has 33 heavy (non-hydrogen) atoms. The number of amides is 2. The summed E-state index contributed by atoms with van der Waals surface area (Å²) in [4.78, 5) is 26.4. The second-order valence-corrected chi connectivity index (χ2v) is 8.40. The van der Waals surface area contributed by atoms with E-state index in [2.05, 4.69) is 15.5 Å². The Labute approximate surface area is 196 Å². The van der Waals surface area contributed by atoms with Crippen LogP contribution in [-0.4, -0.2) is 63.5 Å². The molecule has 1 fully saturated rings. The molecule has 1 N–H and O–H groups in total. The Morgan fingerprint density at radius 3 is 2.52 bits per heavy atom. The van der Waals surface area contributed by atoms with Gasteiger partial charge in [-0.25, -0.2) is 0 Å². The monoisotopic (exact) mass is 463 g/mol. The van der Waals surface area contributed by atoms with E-state index in [1.807, 2.05) is 71.1 Å². The lowest BCUT2D eigenvalue weighted by Gasteiger charge is -2.26. The van der Waals surface area contributed by atoms with E-state index in [-0.39, 0.29) is 11.8 Å². The van der Waals surface area contributed by atoms with Gasteiger partial charge in [-0.05, 0) is 35.9 Å². The fourth-order valence-electron chi connectivity index (χ4n) is 3.34. The van der Waals surface area contributed by atoms with Crippen molar-refractivity contribution in [1.82, 2.24) is 19.7 Å². The Morgan fingerprint density at radius 2 is 1.79 bits per heavy atom. The van der Waals surface area contributed by atoms with Crippen molar-refractivity contribution < 1.29 is 14.3 Å². The Kier molecular flexibility index (Phi) is 7.54. The van der Waals surface area contributed by atoms with Gasteiger partial charge in [0.1, 0.15) is 0 Å². The molecule has 0 unspecified atom stereocenters. The van der Waals surface area contributed by atoms with Crippen LogP contribution in [0.1, 0.15) is 5.56 Å². The Balaban J connectivity index is 1.34. The van der Waals surface area contributed by atoms with Crippen molar-refractivity contribution >= 4 is 35.3 Å². The number of morpholine rings is 1. The summed E-state index contributed by atoms with van der Waals surface area (Å²) in [6.45, 7) is 2.44. The fraction of sp³-hybridized carbons (Fsp3) is 0.250. The molecule has 0 aliphatic carbocycles. The second kappa shape index (κ2) is 10.9. The Hall–Kier alpha value is -3.43. The number of carbonyl (C=O) groups excluding carboxylic acids is 2. The number of nitrogens with zero attached hydrogens (tertiary/aromatic N) is 4. The summed E-state index contributed by atoms with van der Waals surface area (Å²) >= 11 is 1.37. The first-order valence-corrected chi connectivity index (χ1v) is 11.6. The van der Waals surface area contributed by atoms with Gasteiger partial charge >= 0.3 is 0 Å². The third-order valence-corrected chi connectivity index (χ3v) is 6.17. The molecule has 0 bridgehead atoms. The molecular weight excluding hydrogens is 438 g/mol. The van der Waals surface area contributed by atoms with Crippen molar-refractivity contribution in [3.63, 3.8) is 0 Å². The second-order valence-electron chi connectivity index (χ2n) is 7.46. The number of ether oxygens (including phenoxy) is 1. The van der Waals surface area contributed by atoms with Gasteiger partial charge in [-0.15, -0.1) is 10.2 Å². The predicted octanol–water partition coefficient (Wildman–Crippen LogP) is 3.08. The van der Waals surface area contributed by atoms with Gasteiger partial charge in [0.25, 0.3) is 0 Å². The smallest absolute Gasteiger partial charge is 0.248 e. The molecule has 1 saturated heterocycles. The highest BCUT2D eigenvalue weighted by molar-refractivity contribution is 7.99.